The van der Waals surface area contributed by atoms with Crippen LogP contribution in [0.3, 0.4) is 0 Å². The molecule has 0 fully saturated rings. The van der Waals surface area contributed by atoms with Crippen molar-refractivity contribution in [2.24, 2.45) is 0 Å². The van der Waals surface area contributed by atoms with Crippen molar-refractivity contribution in [1.82, 2.24) is 0 Å². The maximum absolute atomic E-state index is 2.35. The Kier molecular flexibility index (Phi) is 24.1. The summed E-state index contributed by atoms with van der Waals surface area (Å²) in [5.74, 6) is 0. The standard InChI is InChI=1S/4C7H15.Sn/c4*1-3-5-7-6-4-2;/h4*1,3-7H2,2H3;. The minimum absolute atomic E-state index is 1.39. The van der Waals surface area contributed by atoms with Gasteiger partial charge in [0.25, 0.3) is 0 Å². The molecule has 0 aromatic heterocycles. The molecular weight excluding hydrogens is 455 g/mol. The average Bonchev–Trinajstić information content (AvgIpc) is 2.73. The van der Waals surface area contributed by atoms with E-state index in [2.05, 4.69) is 27.7 Å². The molecule has 0 bridgehead atoms. The van der Waals surface area contributed by atoms with Gasteiger partial charge in [-0.2, -0.15) is 0 Å². The Hall–Kier alpha value is 0.799. The van der Waals surface area contributed by atoms with Gasteiger partial charge in [-0.3, -0.25) is 0 Å². The van der Waals surface area contributed by atoms with E-state index in [9.17, 15) is 0 Å². The molecule has 0 amide bonds. The first-order chi connectivity index (χ1) is 14.2. The molecule has 0 aliphatic heterocycles. The van der Waals surface area contributed by atoms with Crippen LogP contribution in [0.2, 0.25) is 17.7 Å². The molecule has 0 aromatic carbocycles. The van der Waals surface area contributed by atoms with Crippen molar-refractivity contribution in [3.8, 4) is 0 Å². The first-order valence-corrected chi connectivity index (χ1v) is 22.3. The fourth-order valence-corrected chi connectivity index (χ4v) is 20.9. The van der Waals surface area contributed by atoms with E-state index in [0.717, 1.165) is 0 Å². The van der Waals surface area contributed by atoms with Crippen LogP contribution in [0.25, 0.3) is 0 Å². The predicted octanol–water partition coefficient (Wildman–Crippen LogP) is 11.3. The molecule has 0 unspecified atom stereocenters. The van der Waals surface area contributed by atoms with Crippen molar-refractivity contribution in [2.45, 2.75) is 174 Å². The predicted molar refractivity (Wildman–Crippen MR) is 140 cm³/mol. The molecule has 176 valence electrons. The first kappa shape index (κ1) is 29.8. The molecule has 0 heterocycles. The molecule has 0 atom stereocenters. The fraction of sp³-hybridized carbons (Fsp3) is 1.00. The summed E-state index contributed by atoms with van der Waals surface area (Å²) in [5, 5.41) is 0. The molecule has 0 spiro atoms. The zero-order chi connectivity index (χ0) is 21.5. The van der Waals surface area contributed by atoms with Crippen molar-refractivity contribution in [3.05, 3.63) is 0 Å². The van der Waals surface area contributed by atoms with E-state index in [4.69, 9.17) is 0 Å². The van der Waals surface area contributed by atoms with E-state index in [-0.39, 0.29) is 0 Å². The second kappa shape index (κ2) is 23.5. The number of rotatable bonds is 24. The molecule has 0 aliphatic rings. The Morgan fingerprint density at radius 1 is 0.276 bits per heavy atom. The van der Waals surface area contributed by atoms with Crippen molar-refractivity contribution in [2.75, 3.05) is 0 Å². The Balaban J connectivity index is 4.69. The van der Waals surface area contributed by atoms with E-state index in [1.165, 1.54) is 103 Å². The number of hydrogen-bond acceptors (Lipinski definition) is 0. The Labute approximate surface area is 191 Å². The van der Waals surface area contributed by atoms with Crippen LogP contribution < -0.4 is 0 Å². The fourth-order valence-electron chi connectivity index (χ4n) is 5.16. The molecule has 0 N–H and O–H groups in total. The van der Waals surface area contributed by atoms with Crippen molar-refractivity contribution in [1.29, 1.82) is 0 Å². The van der Waals surface area contributed by atoms with Gasteiger partial charge >= 0.3 is 192 Å². The van der Waals surface area contributed by atoms with Crippen LogP contribution in [0.15, 0.2) is 0 Å². The van der Waals surface area contributed by atoms with Crippen LogP contribution in [0.4, 0.5) is 0 Å². The van der Waals surface area contributed by atoms with Crippen molar-refractivity contribution < 1.29 is 0 Å². The molecular formula is C28H60Sn. The monoisotopic (exact) mass is 516 g/mol. The summed E-state index contributed by atoms with van der Waals surface area (Å²) in [5.41, 5.74) is 0. The first-order valence-electron chi connectivity index (χ1n) is 14.2. The molecule has 29 heavy (non-hydrogen) atoms. The van der Waals surface area contributed by atoms with Gasteiger partial charge in [-0.1, -0.05) is 0 Å². The van der Waals surface area contributed by atoms with Crippen LogP contribution in [-0.4, -0.2) is 18.4 Å². The van der Waals surface area contributed by atoms with Crippen LogP contribution in [-0.2, 0) is 0 Å². The zero-order valence-corrected chi connectivity index (χ0v) is 24.3. The van der Waals surface area contributed by atoms with Crippen LogP contribution in [0.1, 0.15) is 156 Å². The molecule has 0 saturated heterocycles. The molecule has 0 nitrogen and oxygen atoms in total. The quantitative estimate of drug-likeness (QED) is 0.0886. The maximum atomic E-state index is 2.35. The third kappa shape index (κ3) is 19.2. The van der Waals surface area contributed by atoms with Gasteiger partial charge in [-0.15, -0.1) is 0 Å². The normalized spacial score (nSPS) is 12.0. The summed E-state index contributed by atoms with van der Waals surface area (Å²) in [6, 6.07) is 0. The molecule has 0 aliphatic carbocycles. The number of unbranched alkanes of at least 4 members (excludes halogenated alkanes) is 16. The van der Waals surface area contributed by atoms with E-state index in [0.29, 0.717) is 0 Å². The Morgan fingerprint density at radius 3 is 0.690 bits per heavy atom. The molecule has 0 rings (SSSR count). The third-order valence-electron chi connectivity index (χ3n) is 7.24. The van der Waals surface area contributed by atoms with Crippen LogP contribution >= 0.6 is 0 Å². The van der Waals surface area contributed by atoms with Crippen molar-refractivity contribution >= 4 is 18.4 Å². The minimum atomic E-state index is -1.92. The van der Waals surface area contributed by atoms with Crippen LogP contribution in [0, 0.1) is 0 Å². The van der Waals surface area contributed by atoms with Gasteiger partial charge in [0.15, 0.2) is 0 Å². The SMILES string of the molecule is CCCCCC[CH2][Sn]([CH2]CCCCCC)([CH2]CCCCCC)[CH2]CCCCCC. The van der Waals surface area contributed by atoms with Gasteiger partial charge in [0.05, 0.1) is 0 Å². The summed E-state index contributed by atoms with van der Waals surface area (Å²) in [7, 11) is 0. The number of hydrogen-bond donors (Lipinski definition) is 0. The van der Waals surface area contributed by atoms with Gasteiger partial charge in [0.2, 0.25) is 0 Å². The Bertz CT molecular complexity index is 237. The van der Waals surface area contributed by atoms with Gasteiger partial charge in [-0.25, -0.2) is 0 Å². The zero-order valence-electron chi connectivity index (χ0n) is 21.5. The second-order valence-corrected chi connectivity index (χ2v) is 24.4. The van der Waals surface area contributed by atoms with E-state index >= 15 is 0 Å². The van der Waals surface area contributed by atoms with Gasteiger partial charge < -0.3 is 0 Å². The van der Waals surface area contributed by atoms with E-state index < -0.39 is 18.4 Å². The van der Waals surface area contributed by atoms with Crippen molar-refractivity contribution in [3.63, 3.8) is 0 Å². The molecule has 0 aromatic rings. The Morgan fingerprint density at radius 2 is 0.483 bits per heavy atom. The van der Waals surface area contributed by atoms with Gasteiger partial charge in [0.1, 0.15) is 0 Å². The summed E-state index contributed by atoms with van der Waals surface area (Å²) in [6.45, 7) is 9.41. The summed E-state index contributed by atoms with van der Waals surface area (Å²) in [6.07, 6.45) is 29.9. The van der Waals surface area contributed by atoms with Gasteiger partial charge in [-0.05, 0) is 0 Å². The molecule has 0 saturated carbocycles. The van der Waals surface area contributed by atoms with Gasteiger partial charge in [0, 0.05) is 0 Å². The molecule has 1 heteroatoms. The summed E-state index contributed by atoms with van der Waals surface area (Å²) < 4.78 is 6.98. The van der Waals surface area contributed by atoms with E-state index in [1.54, 1.807) is 43.4 Å². The summed E-state index contributed by atoms with van der Waals surface area (Å²) in [4.78, 5) is 0. The summed E-state index contributed by atoms with van der Waals surface area (Å²) >= 11 is -1.92. The molecule has 0 radical (unpaired) electrons. The second-order valence-electron chi connectivity index (χ2n) is 10.2. The van der Waals surface area contributed by atoms with E-state index in [1.807, 2.05) is 0 Å². The topological polar surface area (TPSA) is 0 Å². The van der Waals surface area contributed by atoms with Crippen LogP contribution in [0.5, 0.6) is 0 Å². The third-order valence-corrected chi connectivity index (χ3v) is 23.4. The average molecular weight is 515 g/mol.